The first kappa shape index (κ1) is 23.9. The topological polar surface area (TPSA) is 112 Å². The predicted molar refractivity (Wildman–Crippen MR) is 123 cm³/mol. The second-order valence-electron chi connectivity index (χ2n) is 8.50. The summed E-state index contributed by atoms with van der Waals surface area (Å²) in [6.07, 6.45) is -0.603. The van der Waals surface area contributed by atoms with Gasteiger partial charge in [-0.25, -0.2) is 4.98 Å². The normalized spacial score (nSPS) is 19.1. The Morgan fingerprint density at radius 2 is 1.94 bits per heavy atom. The number of benzene rings is 1. The molecule has 1 aromatic carbocycles. The van der Waals surface area contributed by atoms with Crippen LogP contribution in [0.1, 0.15) is 38.4 Å². The zero-order chi connectivity index (χ0) is 23.4. The summed E-state index contributed by atoms with van der Waals surface area (Å²) in [7, 11) is 0. The minimum atomic E-state index is -0.776. The Morgan fingerprint density at radius 3 is 2.50 bits per heavy atom. The summed E-state index contributed by atoms with van der Waals surface area (Å²) >= 11 is 1.59. The SMILES string of the molecule is CC(=O)N[C@H](C(=O)N1C[C@H](O)CC1C(=O)NCc1ccc(-c2scnc2C)cc1)C(C)C. The average Bonchev–Trinajstić information content (AvgIpc) is 3.35. The third-order valence-corrected chi connectivity index (χ3v) is 6.56. The van der Waals surface area contributed by atoms with Gasteiger partial charge in [0.05, 0.1) is 22.2 Å². The maximum Gasteiger partial charge on any atom is 0.246 e. The number of hydrogen-bond acceptors (Lipinski definition) is 6. The number of aliphatic hydroxyl groups is 1. The van der Waals surface area contributed by atoms with E-state index in [-0.39, 0.29) is 36.6 Å². The number of amides is 3. The van der Waals surface area contributed by atoms with Crippen molar-refractivity contribution in [1.82, 2.24) is 20.5 Å². The van der Waals surface area contributed by atoms with Crippen molar-refractivity contribution in [3.63, 3.8) is 0 Å². The van der Waals surface area contributed by atoms with Crippen LogP contribution in [-0.4, -0.2) is 57.4 Å². The van der Waals surface area contributed by atoms with Crippen LogP contribution in [0.4, 0.5) is 0 Å². The van der Waals surface area contributed by atoms with E-state index >= 15 is 0 Å². The van der Waals surface area contributed by atoms with Gasteiger partial charge in [-0.3, -0.25) is 14.4 Å². The van der Waals surface area contributed by atoms with E-state index in [9.17, 15) is 19.5 Å². The molecule has 3 atom stereocenters. The summed E-state index contributed by atoms with van der Waals surface area (Å²) < 4.78 is 0. The number of aryl methyl sites for hydroxylation is 1. The van der Waals surface area contributed by atoms with E-state index in [2.05, 4.69) is 15.6 Å². The van der Waals surface area contributed by atoms with Crippen LogP contribution in [0.15, 0.2) is 29.8 Å². The molecular weight excluding hydrogens is 428 g/mol. The molecule has 3 rings (SSSR count). The maximum absolute atomic E-state index is 13.1. The van der Waals surface area contributed by atoms with E-state index in [4.69, 9.17) is 0 Å². The second-order valence-corrected chi connectivity index (χ2v) is 9.35. The summed E-state index contributed by atoms with van der Waals surface area (Å²) in [6.45, 7) is 7.37. The summed E-state index contributed by atoms with van der Waals surface area (Å²) in [5.74, 6) is -1.12. The Hall–Kier alpha value is -2.78. The lowest BCUT2D eigenvalue weighted by Crippen LogP contribution is -2.55. The Bertz CT molecular complexity index is 973. The lowest BCUT2D eigenvalue weighted by atomic mass is 10.0. The highest BCUT2D eigenvalue weighted by molar-refractivity contribution is 7.13. The number of rotatable bonds is 7. The predicted octanol–water partition coefficient (Wildman–Crippen LogP) is 1.86. The fourth-order valence-electron chi connectivity index (χ4n) is 3.88. The Labute approximate surface area is 192 Å². The molecule has 0 bridgehead atoms. The first-order valence-corrected chi connectivity index (χ1v) is 11.6. The van der Waals surface area contributed by atoms with E-state index in [1.807, 2.05) is 50.5 Å². The molecule has 32 heavy (non-hydrogen) atoms. The number of likely N-dealkylation sites (tertiary alicyclic amines) is 1. The zero-order valence-corrected chi connectivity index (χ0v) is 19.6. The number of hydrogen-bond donors (Lipinski definition) is 3. The van der Waals surface area contributed by atoms with E-state index in [0.29, 0.717) is 6.54 Å². The molecule has 3 amide bonds. The Kier molecular flexibility index (Phi) is 7.63. The van der Waals surface area contributed by atoms with E-state index in [0.717, 1.165) is 21.7 Å². The molecule has 0 spiro atoms. The monoisotopic (exact) mass is 458 g/mol. The molecule has 0 aliphatic carbocycles. The minimum absolute atomic E-state index is 0.0720. The smallest absolute Gasteiger partial charge is 0.246 e. The van der Waals surface area contributed by atoms with Crippen LogP contribution >= 0.6 is 11.3 Å². The van der Waals surface area contributed by atoms with Gasteiger partial charge in [-0.15, -0.1) is 11.3 Å². The Morgan fingerprint density at radius 1 is 1.25 bits per heavy atom. The van der Waals surface area contributed by atoms with Crippen molar-refractivity contribution in [2.75, 3.05) is 6.54 Å². The number of β-amino-alcohol motifs (C(OH)–C–C–N with tert-alkyl or cyclic N) is 1. The Balaban J connectivity index is 1.64. The molecule has 1 unspecified atom stereocenters. The summed E-state index contributed by atoms with van der Waals surface area (Å²) in [4.78, 5) is 44.2. The highest BCUT2D eigenvalue weighted by Gasteiger charge is 2.41. The van der Waals surface area contributed by atoms with Gasteiger partial charge in [0, 0.05) is 26.4 Å². The largest absolute Gasteiger partial charge is 0.391 e. The number of nitrogens with one attached hydrogen (secondary N) is 2. The quantitative estimate of drug-likeness (QED) is 0.586. The van der Waals surface area contributed by atoms with Crippen molar-refractivity contribution in [3.05, 3.63) is 41.0 Å². The molecule has 172 valence electrons. The minimum Gasteiger partial charge on any atom is -0.391 e. The van der Waals surface area contributed by atoms with Gasteiger partial charge < -0.3 is 20.6 Å². The highest BCUT2D eigenvalue weighted by Crippen LogP contribution is 2.27. The van der Waals surface area contributed by atoms with Crippen molar-refractivity contribution in [1.29, 1.82) is 0 Å². The van der Waals surface area contributed by atoms with E-state index in [1.54, 1.807) is 11.3 Å². The zero-order valence-electron chi connectivity index (χ0n) is 18.8. The standard InChI is InChI=1S/C23H30N4O4S/c1-13(2)20(26-15(4)28)23(31)27-11-18(29)9-19(27)22(30)24-10-16-5-7-17(8-6-16)21-14(3)25-12-32-21/h5-8,12-13,18-20,29H,9-11H2,1-4H3,(H,24,30)(H,26,28)/t18-,19?,20+/m1/s1. The van der Waals surface area contributed by atoms with Crippen LogP contribution in [0.25, 0.3) is 10.4 Å². The van der Waals surface area contributed by atoms with Crippen LogP contribution in [0.2, 0.25) is 0 Å². The van der Waals surface area contributed by atoms with Crippen LogP contribution in [-0.2, 0) is 20.9 Å². The summed E-state index contributed by atoms with van der Waals surface area (Å²) in [6, 6.07) is 6.39. The first-order valence-electron chi connectivity index (χ1n) is 10.7. The molecule has 2 heterocycles. The van der Waals surface area contributed by atoms with Gasteiger partial charge in [-0.2, -0.15) is 0 Å². The van der Waals surface area contributed by atoms with Crippen molar-refractivity contribution in [2.45, 2.75) is 58.8 Å². The molecule has 9 heteroatoms. The van der Waals surface area contributed by atoms with E-state index in [1.165, 1.54) is 11.8 Å². The molecule has 2 aromatic rings. The molecule has 1 aliphatic heterocycles. The van der Waals surface area contributed by atoms with Crippen molar-refractivity contribution >= 4 is 29.1 Å². The second kappa shape index (κ2) is 10.2. The highest BCUT2D eigenvalue weighted by atomic mass is 32.1. The van der Waals surface area contributed by atoms with Gasteiger partial charge in [0.15, 0.2) is 0 Å². The number of thiazole rings is 1. The molecule has 1 saturated heterocycles. The van der Waals surface area contributed by atoms with Gasteiger partial charge in [0.1, 0.15) is 12.1 Å². The van der Waals surface area contributed by atoms with Gasteiger partial charge in [-0.05, 0) is 24.0 Å². The lowest BCUT2D eigenvalue weighted by Gasteiger charge is -2.30. The van der Waals surface area contributed by atoms with Gasteiger partial charge in [0.2, 0.25) is 17.7 Å². The molecule has 1 fully saturated rings. The van der Waals surface area contributed by atoms with Gasteiger partial charge >= 0.3 is 0 Å². The number of carbonyl (C=O) groups excluding carboxylic acids is 3. The maximum atomic E-state index is 13.1. The fourth-order valence-corrected chi connectivity index (χ4v) is 4.69. The van der Waals surface area contributed by atoms with Crippen LogP contribution in [0.3, 0.4) is 0 Å². The van der Waals surface area contributed by atoms with Crippen molar-refractivity contribution in [2.24, 2.45) is 5.92 Å². The fraction of sp³-hybridized carbons (Fsp3) is 0.478. The third-order valence-electron chi connectivity index (χ3n) is 5.58. The van der Waals surface area contributed by atoms with Crippen LogP contribution < -0.4 is 10.6 Å². The molecular formula is C23H30N4O4S. The first-order chi connectivity index (χ1) is 15.2. The van der Waals surface area contributed by atoms with Gasteiger partial charge in [0.25, 0.3) is 0 Å². The number of carbonyl (C=O) groups is 3. The lowest BCUT2D eigenvalue weighted by molar-refractivity contribution is -0.142. The molecule has 0 radical (unpaired) electrons. The summed E-state index contributed by atoms with van der Waals surface area (Å²) in [5.41, 5.74) is 4.81. The molecule has 1 aromatic heterocycles. The molecule has 1 aliphatic rings. The van der Waals surface area contributed by atoms with E-state index < -0.39 is 18.2 Å². The van der Waals surface area contributed by atoms with Crippen LogP contribution in [0.5, 0.6) is 0 Å². The third kappa shape index (κ3) is 5.52. The van der Waals surface area contributed by atoms with Gasteiger partial charge in [-0.1, -0.05) is 38.1 Å². The molecule has 0 saturated carbocycles. The molecule has 8 nitrogen and oxygen atoms in total. The molecule has 3 N–H and O–H groups in total. The summed E-state index contributed by atoms with van der Waals surface area (Å²) in [5, 5.41) is 15.7. The number of nitrogens with zero attached hydrogens (tertiary/aromatic N) is 2. The van der Waals surface area contributed by atoms with Crippen LogP contribution in [0, 0.1) is 12.8 Å². The van der Waals surface area contributed by atoms with Crippen molar-refractivity contribution in [3.8, 4) is 10.4 Å². The number of aliphatic hydroxyl groups excluding tert-OH is 1. The van der Waals surface area contributed by atoms with Crippen molar-refractivity contribution < 1.29 is 19.5 Å². The average molecular weight is 459 g/mol. The number of aromatic nitrogens is 1.